The van der Waals surface area contributed by atoms with E-state index < -0.39 is 0 Å². The van der Waals surface area contributed by atoms with Crippen molar-refractivity contribution in [1.82, 2.24) is 0 Å². The number of methoxy groups -OCH3 is 2. The molecule has 1 amide bonds. The highest BCUT2D eigenvalue weighted by Gasteiger charge is 2.07. The Morgan fingerprint density at radius 2 is 2.12 bits per heavy atom. The first-order valence-electron chi connectivity index (χ1n) is 4.93. The van der Waals surface area contributed by atoms with E-state index in [0.29, 0.717) is 23.7 Å². The van der Waals surface area contributed by atoms with Crippen molar-refractivity contribution >= 4 is 11.6 Å². The van der Waals surface area contributed by atoms with Crippen LogP contribution in [0.15, 0.2) is 18.2 Å². The van der Waals surface area contributed by atoms with Crippen molar-refractivity contribution in [2.75, 3.05) is 26.1 Å². The van der Waals surface area contributed by atoms with E-state index in [1.807, 2.05) is 0 Å². The fourth-order valence-electron chi connectivity index (χ4n) is 1.25. The fraction of sp³-hybridized carbons (Fsp3) is 0.364. The molecule has 0 radical (unpaired) electrons. The minimum atomic E-state index is -0.133. The lowest BCUT2D eigenvalue weighted by Gasteiger charge is -2.11. The van der Waals surface area contributed by atoms with Gasteiger partial charge in [-0.2, -0.15) is 0 Å². The van der Waals surface area contributed by atoms with E-state index in [4.69, 9.17) is 15.2 Å². The van der Waals surface area contributed by atoms with Crippen LogP contribution in [0, 0.1) is 0 Å². The number of benzene rings is 1. The van der Waals surface area contributed by atoms with E-state index in [-0.39, 0.29) is 12.3 Å². The molecule has 0 fully saturated rings. The Morgan fingerprint density at radius 3 is 2.69 bits per heavy atom. The predicted molar refractivity (Wildman–Crippen MR) is 61.8 cm³/mol. The summed E-state index contributed by atoms with van der Waals surface area (Å²) in [6.45, 7) is 0.324. The van der Waals surface area contributed by atoms with Crippen LogP contribution in [-0.4, -0.2) is 26.7 Å². The molecular weight excluding hydrogens is 208 g/mol. The second-order valence-corrected chi connectivity index (χ2v) is 3.15. The van der Waals surface area contributed by atoms with E-state index in [0.717, 1.165) is 0 Å². The lowest BCUT2D eigenvalue weighted by Crippen LogP contribution is -2.16. The first-order chi connectivity index (χ1) is 7.71. The lowest BCUT2D eigenvalue weighted by atomic mass is 10.2. The zero-order valence-corrected chi connectivity index (χ0v) is 9.45. The molecule has 0 aliphatic rings. The van der Waals surface area contributed by atoms with Gasteiger partial charge in [-0.05, 0) is 12.1 Å². The number of ether oxygens (including phenoxy) is 2. The average Bonchev–Trinajstić information content (AvgIpc) is 2.30. The smallest absolute Gasteiger partial charge is 0.225 e. The fourth-order valence-corrected chi connectivity index (χ4v) is 1.25. The van der Waals surface area contributed by atoms with Crippen molar-refractivity contribution in [3.05, 3.63) is 18.2 Å². The molecule has 0 atom stereocenters. The third kappa shape index (κ3) is 3.13. The zero-order valence-electron chi connectivity index (χ0n) is 9.45. The molecule has 1 aromatic rings. The minimum Gasteiger partial charge on any atom is -0.497 e. The molecule has 0 unspecified atom stereocenters. The Kier molecular flexibility index (Phi) is 4.60. The molecule has 0 heterocycles. The van der Waals surface area contributed by atoms with Gasteiger partial charge in [-0.25, -0.2) is 0 Å². The largest absolute Gasteiger partial charge is 0.497 e. The third-order valence-corrected chi connectivity index (χ3v) is 2.05. The summed E-state index contributed by atoms with van der Waals surface area (Å²) in [5.41, 5.74) is 5.90. The second-order valence-electron chi connectivity index (χ2n) is 3.15. The minimum absolute atomic E-state index is 0.133. The van der Waals surface area contributed by atoms with E-state index in [1.165, 1.54) is 7.11 Å². The van der Waals surface area contributed by atoms with Crippen LogP contribution < -0.4 is 20.5 Å². The van der Waals surface area contributed by atoms with Crippen molar-refractivity contribution in [3.63, 3.8) is 0 Å². The van der Waals surface area contributed by atoms with Crippen LogP contribution in [-0.2, 0) is 4.79 Å². The number of rotatable bonds is 5. The Balaban J connectivity index is 2.83. The molecule has 0 bridgehead atoms. The maximum Gasteiger partial charge on any atom is 0.225 e. The highest BCUT2D eigenvalue weighted by atomic mass is 16.5. The van der Waals surface area contributed by atoms with Gasteiger partial charge >= 0.3 is 0 Å². The number of hydrogen-bond donors (Lipinski definition) is 2. The van der Waals surface area contributed by atoms with Crippen molar-refractivity contribution in [2.45, 2.75) is 6.42 Å². The molecule has 0 saturated carbocycles. The van der Waals surface area contributed by atoms with Crippen molar-refractivity contribution in [2.24, 2.45) is 5.73 Å². The van der Waals surface area contributed by atoms with E-state index in [2.05, 4.69) is 5.32 Å². The Morgan fingerprint density at radius 1 is 1.38 bits per heavy atom. The molecule has 16 heavy (non-hydrogen) atoms. The van der Waals surface area contributed by atoms with Crippen molar-refractivity contribution in [1.29, 1.82) is 0 Å². The quantitative estimate of drug-likeness (QED) is 0.782. The SMILES string of the molecule is COc1ccc(NC(=O)CCN)c(OC)c1. The first kappa shape index (κ1) is 12.3. The molecule has 0 aliphatic heterocycles. The summed E-state index contributed by atoms with van der Waals surface area (Å²) in [4.78, 5) is 11.4. The van der Waals surface area contributed by atoms with Gasteiger partial charge in [0.05, 0.1) is 19.9 Å². The van der Waals surface area contributed by atoms with Crippen LogP contribution in [0.3, 0.4) is 0 Å². The van der Waals surface area contributed by atoms with Gasteiger partial charge in [0.1, 0.15) is 11.5 Å². The maximum absolute atomic E-state index is 11.4. The summed E-state index contributed by atoms with van der Waals surface area (Å²) in [5, 5.41) is 2.71. The highest BCUT2D eigenvalue weighted by Crippen LogP contribution is 2.28. The summed E-state index contributed by atoms with van der Waals surface area (Å²) in [6.07, 6.45) is 0.287. The van der Waals surface area contributed by atoms with Gasteiger partial charge in [0, 0.05) is 19.0 Å². The van der Waals surface area contributed by atoms with Gasteiger partial charge in [-0.1, -0.05) is 0 Å². The third-order valence-electron chi connectivity index (χ3n) is 2.05. The van der Waals surface area contributed by atoms with E-state index in [9.17, 15) is 4.79 Å². The van der Waals surface area contributed by atoms with Crippen LogP contribution in [0.5, 0.6) is 11.5 Å². The summed E-state index contributed by atoms with van der Waals surface area (Å²) >= 11 is 0. The van der Waals surface area contributed by atoms with E-state index >= 15 is 0 Å². The molecule has 0 aliphatic carbocycles. The Bertz CT molecular complexity index is 366. The summed E-state index contributed by atoms with van der Waals surface area (Å²) in [7, 11) is 3.11. The average molecular weight is 224 g/mol. The topological polar surface area (TPSA) is 73.6 Å². The monoisotopic (exact) mass is 224 g/mol. The van der Waals surface area contributed by atoms with Crippen LogP contribution >= 0.6 is 0 Å². The Hall–Kier alpha value is -1.75. The summed E-state index contributed by atoms with van der Waals surface area (Å²) in [6, 6.07) is 5.19. The van der Waals surface area contributed by atoms with Crippen LogP contribution in [0.4, 0.5) is 5.69 Å². The molecular formula is C11H16N2O3. The van der Waals surface area contributed by atoms with Crippen molar-refractivity contribution in [3.8, 4) is 11.5 Å². The predicted octanol–water partition coefficient (Wildman–Crippen LogP) is 0.991. The number of carbonyl (C=O) groups excluding carboxylic acids is 1. The Labute approximate surface area is 94.5 Å². The van der Waals surface area contributed by atoms with Crippen LogP contribution in [0.1, 0.15) is 6.42 Å². The molecule has 88 valence electrons. The molecule has 0 spiro atoms. The molecule has 5 heteroatoms. The van der Waals surface area contributed by atoms with Gasteiger partial charge in [-0.15, -0.1) is 0 Å². The zero-order chi connectivity index (χ0) is 12.0. The second kappa shape index (κ2) is 5.97. The van der Waals surface area contributed by atoms with Gasteiger partial charge in [0.15, 0.2) is 0 Å². The standard InChI is InChI=1S/C11H16N2O3/c1-15-8-3-4-9(10(7-8)16-2)13-11(14)5-6-12/h3-4,7H,5-6,12H2,1-2H3,(H,13,14). The molecule has 0 aromatic heterocycles. The number of nitrogens with two attached hydrogens (primary N) is 1. The van der Waals surface area contributed by atoms with Gasteiger partial charge in [0.25, 0.3) is 0 Å². The molecule has 0 saturated heterocycles. The highest BCUT2D eigenvalue weighted by molar-refractivity contribution is 5.92. The van der Waals surface area contributed by atoms with Crippen molar-refractivity contribution < 1.29 is 14.3 Å². The van der Waals surface area contributed by atoms with Gasteiger partial charge in [-0.3, -0.25) is 4.79 Å². The molecule has 1 rings (SSSR count). The van der Waals surface area contributed by atoms with E-state index in [1.54, 1.807) is 25.3 Å². The number of hydrogen-bond acceptors (Lipinski definition) is 4. The summed E-state index contributed by atoms with van der Waals surface area (Å²) < 4.78 is 10.2. The summed E-state index contributed by atoms with van der Waals surface area (Å²) in [5.74, 6) is 1.10. The number of anilines is 1. The normalized spacial score (nSPS) is 9.69. The number of carbonyl (C=O) groups is 1. The van der Waals surface area contributed by atoms with Crippen LogP contribution in [0.2, 0.25) is 0 Å². The number of amides is 1. The molecule has 1 aromatic carbocycles. The first-order valence-corrected chi connectivity index (χ1v) is 4.93. The molecule has 3 N–H and O–H groups in total. The lowest BCUT2D eigenvalue weighted by molar-refractivity contribution is -0.116. The molecule has 5 nitrogen and oxygen atoms in total. The van der Waals surface area contributed by atoms with Gasteiger partial charge < -0.3 is 20.5 Å². The van der Waals surface area contributed by atoms with Crippen LogP contribution in [0.25, 0.3) is 0 Å². The van der Waals surface area contributed by atoms with Gasteiger partial charge in [0.2, 0.25) is 5.91 Å². The maximum atomic E-state index is 11.4. The number of nitrogens with one attached hydrogen (secondary N) is 1.